The number of rotatable bonds is 63. The first kappa shape index (κ1) is 78.4. The van der Waals surface area contributed by atoms with Crippen molar-refractivity contribution in [3.05, 3.63) is 24.3 Å². The zero-order chi connectivity index (χ0) is 57.8. The predicted octanol–water partition coefficient (Wildman–Crippen LogP) is 23.1. The Kier molecular flexibility index (Phi) is 69.1. The maximum absolute atomic E-state index is 12.8. The summed E-state index contributed by atoms with van der Waals surface area (Å²) in [5.41, 5.74) is 0. The third kappa shape index (κ3) is 71.4. The second-order valence-corrected chi connectivity index (χ2v) is 23.5. The lowest BCUT2D eigenvalue weighted by molar-refractivity contribution is -0.167. The van der Waals surface area contributed by atoms with Crippen molar-refractivity contribution in [2.75, 3.05) is 13.2 Å². The van der Waals surface area contributed by atoms with Gasteiger partial charge in [-0.2, -0.15) is 0 Å². The summed E-state index contributed by atoms with van der Waals surface area (Å²) >= 11 is 0. The summed E-state index contributed by atoms with van der Waals surface area (Å²) in [6.07, 6.45) is 74.5. The minimum Gasteiger partial charge on any atom is -0.481 e. The summed E-state index contributed by atoms with van der Waals surface area (Å²) in [6.45, 7) is 8.92. The van der Waals surface area contributed by atoms with Crippen LogP contribution >= 0.6 is 0 Å². The summed E-state index contributed by atoms with van der Waals surface area (Å²) in [6, 6.07) is 0. The first-order valence-electron chi connectivity index (χ1n) is 34.8. The van der Waals surface area contributed by atoms with E-state index in [9.17, 15) is 19.2 Å². The minimum atomic E-state index is -0.767. The number of carbonyl (C=O) groups excluding carboxylic acids is 3. The van der Waals surface area contributed by atoms with E-state index in [-0.39, 0.29) is 31.1 Å². The van der Waals surface area contributed by atoms with Crippen molar-refractivity contribution in [3.8, 4) is 0 Å². The van der Waals surface area contributed by atoms with Crippen molar-refractivity contribution in [2.45, 2.75) is 393 Å². The van der Waals surface area contributed by atoms with Crippen LogP contribution in [0.2, 0.25) is 0 Å². The molecule has 0 unspecified atom stereocenters. The van der Waals surface area contributed by atoms with Crippen LogP contribution in [0, 0.1) is 0 Å². The Labute approximate surface area is 491 Å². The molecule has 0 aromatic rings. The highest BCUT2D eigenvalue weighted by molar-refractivity contribution is 5.71. The number of esters is 3. The first-order chi connectivity index (χ1) is 38.8. The fourth-order valence-electron chi connectivity index (χ4n) is 10.1. The highest BCUT2D eigenvalue weighted by Gasteiger charge is 2.19. The van der Waals surface area contributed by atoms with Crippen LogP contribution in [0.4, 0.5) is 0 Å². The van der Waals surface area contributed by atoms with E-state index in [4.69, 9.17) is 19.3 Å². The molecule has 0 aliphatic rings. The van der Waals surface area contributed by atoms with E-state index in [0.717, 1.165) is 77.0 Å². The van der Waals surface area contributed by atoms with E-state index in [1.165, 1.54) is 257 Å². The van der Waals surface area contributed by atoms with Crippen LogP contribution in [-0.2, 0) is 33.4 Å². The van der Waals surface area contributed by atoms with Gasteiger partial charge in [0.2, 0.25) is 0 Å². The molecule has 0 rings (SSSR count). The lowest BCUT2D eigenvalue weighted by atomic mass is 10.0. The zero-order valence-electron chi connectivity index (χ0n) is 53.2. The Morgan fingerprint density at radius 3 is 0.722 bits per heavy atom. The van der Waals surface area contributed by atoms with Crippen LogP contribution < -0.4 is 0 Å². The summed E-state index contributed by atoms with van der Waals surface area (Å²) in [7, 11) is 0. The molecule has 0 atom stereocenters. The molecule has 0 fully saturated rings. The third-order valence-corrected chi connectivity index (χ3v) is 15.4. The highest BCUT2D eigenvalue weighted by Crippen LogP contribution is 2.17. The molecular weight excluding hydrogens is 981 g/mol. The fraction of sp³-hybridized carbons (Fsp3) is 0.887. The number of aliphatic carboxylic acids is 1. The molecule has 0 saturated heterocycles. The number of carboxylic acids is 1. The third-order valence-electron chi connectivity index (χ3n) is 15.4. The molecule has 1 N–H and O–H groups in total. The van der Waals surface area contributed by atoms with Gasteiger partial charge in [-0.25, -0.2) is 0 Å². The summed E-state index contributed by atoms with van der Waals surface area (Å²) in [4.78, 5) is 48.3. The van der Waals surface area contributed by atoms with Crippen molar-refractivity contribution in [1.29, 1.82) is 0 Å². The van der Waals surface area contributed by atoms with Gasteiger partial charge in [0.25, 0.3) is 0 Å². The number of carbonyl (C=O) groups is 4. The second kappa shape index (κ2) is 69.6. The molecule has 0 spiro atoms. The molecular formula is C71H134O8. The van der Waals surface area contributed by atoms with E-state index in [1.54, 1.807) is 0 Å². The molecule has 0 aliphatic carbocycles. The predicted molar refractivity (Wildman–Crippen MR) is 339 cm³/mol. The number of hydrogen-bond donors (Lipinski definition) is 1. The minimum absolute atomic E-state index is 0.0680. The number of hydrogen-bond acceptors (Lipinski definition) is 7. The molecule has 0 aliphatic heterocycles. The normalized spacial score (nSPS) is 11.5. The average molecular weight is 1120 g/mol. The SMILES string of the molecule is CCCCCCCC/C=C\CCCCCCCC(=O)O.CCCCCCCC/C=C\CCCCCCCC(=O)OC(COC(=O)CCCCCCCCCCCCCCC)COC(=O)CCCCCCCCCCCCCCC. The Balaban J connectivity index is 0. The number of ether oxygens (including phenoxy) is 3. The summed E-state index contributed by atoms with van der Waals surface area (Å²) < 4.78 is 16.8. The maximum Gasteiger partial charge on any atom is 0.306 e. The lowest BCUT2D eigenvalue weighted by Gasteiger charge is -2.18. The largest absolute Gasteiger partial charge is 0.481 e. The maximum atomic E-state index is 12.8. The molecule has 0 aromatic carbocycles. The van der Waals surface area contributed by atoms with Gasteiger partial charge in [-0.05, 0) is 77.0 Å². The van der Waals surface area contributed by atoms with Gasteiger partial charge < -0.3 is 19.3 Å². The van der Waals surface area contributed by atoms with Crippen molar-refractivity contribution in [2.24, 2.45) is 0 Å². The molecule has 0 bridgehead atoms. The van der Waals surface area contributed by atoms with Crippen LogP contribution in [-0.4, -0.2) is 48.3 Å². The van der Waals surface area contributed by atoms with E-state index in [2.05, 4.69) is 52.0 Å². The van der Waals surface area contributed by atoms with E-state index < -0.39 is 12.1 Å². The Bertz CT molecular complexity index is 1260. The van der Waals surface area contributed by atoms with Gasteiger partial charge in [0.05, 0.1) is 0 Å². The van der Waals surface area contributed by atoms with Gasteiger partial charge in [-0.1, -0.05) is 309 Å². The molecule has 0 aromatic heterocycles. The standard InChI is InChI=1S/C53H100O6.C18H34O2/c1-4-7-10-13-16-19-22-25-26-29-32-35-38-41-44-47-53(56)59-50(48-57-51(54)45-42-39-36-33-30-27-23-20-17-14-11-8-5-2)49-58-52(55)46-43-40-37-34-31-28-24-21-18-15-12-9-6-3;1-2-3-4-5-6-7-8-9-10-11-12-13-14-15-16-17-18(19)20/h25-26,50H,4-24,27-49H2,1-3H3;9-10H,2-8,11-17H2,1H3,(H,19,20)/b26-25-;10-9-. The van der Waals surface area contributed by atoms with Gasteiger partial charge in [-0.3, -0.25) is 19.2 Å². The lowest BCUT2D eigenvalue weighted by Crippen LogP contribution is -2.30. The van der Waals surface area contributed by atoms with E-state index >= 15 is 0 Å². The summed E-state index contributed by atoms with van der Waals surface area (Å²) in [5.74, 6) is -1.52. The monoisotopic (exact) mass is 1120 g/mol. The molecule has 8 heteroatoms. The van der Waals surface area contributed by atoms with Gasteiger partial charge >= 0.3 is 23.9 Å². The van der Waals surface area contributed by atoms with Crippen LogP contribution in [0.25, 0.3) is 0 Å². The molecule has 0 radical (unpaired) electrons. The smallest absolute Gasteiger partial charge is 0.306 e. The molecule has 79 heavy (non-hydrogen) atoms. The molecule has 8 nitrogen and oxygen atoms in total. The van der Waals surface area contributed by atoms with Crippen LogP contribution in [0.3, 0.4) is 0 Å². The van der Waals surface area contributed by atoms with Gasteiger partial charge in [-0.15, -0.1) is 0 Å². The van der Waals surface area contributed by atoms with E-state index in [0.29, 0.717) is 25.7 Å². The van der Waals surface area contributed by atoms with Crippen molar-refractivity contribution < 1.29 is 38.5 Å². The number of unbranched alkanes of at least 4 members (excludes halogenated alkanes) is 46. The van der Waals surface area contributed by atoms with Gasteiger partial charge in [0.15, 0.2) is 6.10 Å². The van der Waals surface area contributed by atoms with Crippen molar-refractivity contribution in [3.63, 3.8) is 0 Å². The fourth-order valence-corrected chi connectivity index (χ4v) is 10.1. The van der Waals surface area contributed by atoms with E-state index in [1.807, 2.05) is 0 Å². The second-order valence-electron chi connectivity index (χ2n) is 23.5. The van der Waals surface area contributed by atoms with Crippen LogP contribution in [0.15, 0.2) is 24.3 Å². The zero-order valence-corrected chi connectivity index (χ0v) is 53.2. The van der Waals surface area contributed by atoms with Crippen LogP contribution in [0.1, 0.15) is 387 Å². The topological polar surface area (TPSA) is 116 Å². The van der Waals surface area contributed by atoms with Gasteiger partial charge in [0.1, 0.15) is 13.2 Å². The summed E-state index contributed by atoms with van der Waals surface area (Å²) in [5, 5.41) is 8.51. The molecule has 0 amide bonds. The van der Waals surface area contributed by atoms with Crippen LogP contribution in [0.5, 0.6) is 0 Å². The number of allylic oxidation sites excluding steroid dienone is 4. The highest BCUT2D eigenvalue weighted by atomic mass is 16.6. The molecule has 466 valence electrons. The Hall–Kier alpha value is -2.64. The van der Waals surface area contributed by atoms with Crippen molar-refractivity contribution >= 4 is 23.9 Å². The molecule has 0 saturated carbocycles. The Morgan fingerprint density at radius 1 is 0.278 bits per heavy atom. The van der Waals surface area contributed by atoms with Crippen molar-refractivity contribution in [1.82, 2.24) is 0 Å². The van der Waals surface area contributed by atoms with Gasteiger partial charge in [0, 0.05) is 25.7 Å². The Morgan fingerprint density at radius 2 is 0.481 bits per heavy atom. The number of carboxylic acid groups (broad SMARTS) is 1. The average Bonchev–Trinajstić information content (AvgIpc) is 3.44. The molecule has 0 heterocycles. The quantitative estimate of drug-likeness (QED) is 0.0277. The first-order valence-corrected chi connectivity index (χ1v) is 34.8.